The lowest BCUT2D eigenvalue weighted by atomic mass is 10.3. The Morgan fingerprint density at radius 1 is 1.45 bits per heavy atom. The average Bonchev–Trinajstić information content (AvgIpc) is 2.03. The topological polar surface area (TPSA) is 3.24 Å². The van der Waals surface area contributed by atoms with Crippen LogP contribution in [0.2, 0.25) is 0 Å². The maximum atomic E-state index is 5.63. The van der Waals surface area contributed by atoms with E-state index in [1.165, 1.54) is 6.42 Å². The molecule has 0 radical (unpaired) electrons. The van der Waals surface area contributed by atoms with Gasteiger partial charge in [-0.05, 0) is 25.1 Å². The van der Waals surface area contributed by atoms with E-state index in [2.05, 4.69) is 25.3 Å². The molecule has 0 atom stereocenters. The van der Waals surface area contributed by atoms with Crippen molar-refractivity contribution in [2.24, 2.45) is 0 Å². The molecule has 2 heteroatoms. The Bertz CT molecular complexity index is 112. The second-order valence-corrected chi connectivity index (χ2v) is 3.02. The summed E-state index contributed by atoms with van der Waals surface area (Å²) in [5, 5.41) is 0. The SMILES string of the molecule is C=C(CCl)CN(CC)CCC. The first kappa shape index (κ1) is 11.0. The number of halogens is 1. The molecule has 0 aliphatic carbocycles. The zero-order valence-electron chi connectivity index (χ0n) is 7.57. The maximum Gasteiger partial charge on any atom is 0.0443 e. The third kappa shape index (κ3) is 5.28. The van der Waals surface area contributed by atoms with Gasteiger partial charge < -0.3 is 0 Å². The van der Waals surface area contributed by atoms with Crippen LogP contribution in [0.3, 0.4) is 0 Å². The molecule has 66 valence electrons. The van der Waals surface area contributed by atoms with E-state index < -0.39 is 0 Å². The highest BCUT2D eigenvalue weighted by molar-refractivity contribution is 6.19. The van der Waals surface area contributed by atoms with E-state index in [0.717, 1.165) is 25.2 Å². The Hall–Kier alpha value is -0.0100. The molecule has 0 aromatic heterocycles. The normalized spacial score (nSPS) is 10.5. The highest BCUT2D eigenvalue weighted by atomic mass is 35.5. The fraction of sp³-hybridized carbons (Fsp3) is 0.778. The summed E-state index contributed by atoms with van der Waals surface area (Å²) in [6.07, 6.45) is 1.20. The second kappa shape index (κ2) is 6.68. The summed E-state index contributed by atoms with van der Waals surface area (Å²) < 4.78 is 0. The summed E-state index contributed by atoms with van der Waals surface area (Å²) in [6, 6.07) is 0. The molecule has 0 fully saturated rings. The van der Waals surface area contributed by atoms with Crippen molar-refractivity contribution in [2.45, 2.75) is 20.3 Å². The highest BCUT2D eigenvalue weighted by Crippen LogP contribution is 1.99. The standard InChI is InChI=1S/C9H18ClN/c1-4-6-11(5-2)8-9(3)7-10/h3-8H2,1-2H3. The van der Waals surface area contributed by atoms with Gasteiger partial charge in [0.1, 0.15) is 0 Å². The van der Waals surface area contributed by atoms with Gasteiger partial charge >= 0.3 is 0 Å². The van der Waals surface area contributed by atoms with Crippen molar-refractivity contribution in [3.8, 4) is 0 Å². The first-order valence-corrected chi connectivity index (χ1v) is 4.73. The zero-order valence-corrected chi connectivity index (χ0v) is 8.32. The van der Waals surface area contributed by atoms with Crippen molar-refractivity contribution >= 4 is 11.6 Å². The smallest absolute Gasteiger partial charge is 0.0443 e. The van der Waals surface area contributed by atoms with Gasteiger partial charge in [0.15, 0.2) is 0 Å². The molecule has 11 heavy (non-hydrogen) atoms. The molecule has 0 amide bonds. The van der Waals surface area contributed by atoms with Gasteiger partial charge in [-0.1, -0.05) is 20.4 Å². The van der Waals surface area contributed by atoms with E-state index in [1.807, 2.05) is 0 Å². The van der Waals surface area contributed by atoms with Gasteiger partial charge in [-0.25, -0.2) is 0 Å². The van der Waals surface area contributed by atoms with E-state index in [9.17, 15) is 0 Å². The lowest BCUT2D eigenvalue weighted by Gasteiger charge is -2.19. The molecule has 0 bridgehead atoms. The average molecular weight is 176 g/mol. The summed E-state index contributed by atoms with van der Waals surface area (Å²) >= 11 is 5.63. The van der Waals surface area contributed by atoms with Crippen LogP contribution in [0, 0.1) is 0 Å². The summed E-state index contributed by atoms with van der Waals surface area (Å²) in [4.78, 5) is 2.35. The van der Waals surface area contributed by atoms with Gasteiger partial charge in [0.2, 0.25) is 0 Å². The molecule has 1 nitrogen and oxygen atoms in total. The van der Waals surface area contributed by atoms with Crippen LogP contribution in [0.25, 0.3) is 0 Å². The van der Waals surface area contributed by atoms with Gasteiger partial charge in [0.05, 0.1) is 0 Å². The third-order valence-corrected chi connectivity index (χ3v) is 2.00. The number of alkyl halides is 1. The van der Waals surface area contributed by atoms with Crippen LogP contribution in [0.4, 0.5) is 0 Å². The summed E-state index contributed by atoms with van der Waals surface area (Å²) in [5.41, 5.74) is 1.11. The molecule has 0 aromatic rings. The molecule has 0 saturated heterocycles. The van der Waals surface area contributed by atoms with Crippen LogP contribution in [0.15, 0.2) is 12.2 Å². The molecular formula is C9H18ClN. The molecule has 0 spiro atoms. The fourth-order valence-electron chi connectivity index (χ4n) is 1.02. The van der Waals surface area contributed by atoms with Crippen LogP contribution in [-0.2, 0) is 0 Å². The fourth-order valence-corrected chi connectivity index (χ4v) is 1.11. The molecule has 0 saturated carbocycles. The van der Waals surface area contributed by atoms with E-state index in [4.69, 9.17) is 11.6 Å². The van der Waals surface area contributed by atoms with E-state index in [0.29, 0.717) is 5.88 Å². The summed E-state index contributed by atoms with van der Waals surface area (Å²) in [6.45, 7) is 11.4. The van der Waals surface area contributed by atoms with Crippen molar-refractivity contribution in [2.75, 3.05) is 25.5 Å². The number of nitrogens with zero attached hydrogens (tertiary/aromatic N) is 1. The molecule has 0 rings (SSSR count). The number of hydrogen-bond acceptors (Lipinski definition) is 1. The molecule has 0 unspecified atom stereocenters. The Kier molecular flexibility index (Phi) is 6.68. The Labute approximate surface area is 75.0 Å². The largest absolute Gasteiger partial charge is 0.300 e. The second-order valence-electron chi connectivity index (χ2n) is 2.75. The van der Waals surface area contributed by atoms with Crippen molar-refractivity contribution in [1.82, 2.24) is 4.90 Å². The lowest BCUT2D eigenvalue weighted by molar-refractivity contribution is 0.313. The number of likely N-dealkylation sites (N-methyl/N-ethyl adjacent to an activating group) is 1. The van der Waals surface area contributed by atoms with Crippen molar-refractivity contribution in [3.63, 3.8) is 0 Å². The Morgan fingerprint density at radius 2 is 2.09 bits per heavy atom. The zero-order chi connectivity index (χ0) is 8.69. The number of rotatable bonds is 6. The van der Waals surface area contributed by atoms with E-state index in [1.54, 1.807) is 0 Å². The first-order valence-electron chi connectivity index (χ1n) is 4.19. The molecule has 0 aliphatic heterocycles. The van der Waals surface area contributed by atoms with Gasteiger partial charge in [0, 0.05) is 12.4 Å². The van der Waals surface area contributed by atoms with Gasteiger partial charge in [0.25, 0.3) is 0 Å². The summed E-state index contributed by atoms with van der Waals surface area (Å²) in [5.74, 6) is 0.584. The van der Waals surface area contributed by atoms with Crippen molar-refractivity contribution < 1.29 is 0 Å². The summed E-state index contributed by atoms with van der Waals surface area (Å²) in [7, 11) is 0. The quantitative estimate of drug-likeness (QED) is 0.443. The molecule has 0 aliphatic rings. The molecule has 0 aromatic carbocycles. The minimum atomic E-state index is 0.584. The third-order valence-electron chi connectivity index (χ3n) is 1.62. The Morgan fingerprint density at radius 3 is 2.45 bits per heavy atom. The lowest BCUT2D eigenvalue weighted by Crippen LogP contribution is -2.26. The van der Waals surface area contributed by atoms with Crippen LogP contribution >= 0.6 is 11.6 Å². The first-order chi connectivity index (χ1) is 5.24. The molecular weight excluding hydrogens is 158 g/mol. The number of hydrogen-bond donors (Lipinski definition) is 0. The van der Waals surface area contributed by atoms with Gasteiger partial charge in [-0.15, -0.1) is 11.6 Å². The minimum absolute atomic E-state index is 0.584. The van der Waals surface area contributed by atoms with Gasteiger partial charge in [-0.3, -0.25) is 4.90 Å². The van der Waals surface area contributed by atoms with Crippen molar-refractivity contribution in [3.05, 3.63) is 12.2 Å². The van der Waals surface area contributed by atoms with E-state index in [-0.39, 0.29) is 0 Å². The Balaban J connectivity index is 3.58. The predicted molar refractivity (Wildman–Crippen MR) is 52.3 cm³/mol. The van der Waals surface area contributed by atoms with Crippen LogP contribution < -0.4 is 0 Å². The van der Waals surface area contributed by atoms with Crippen LogP contribution in [0.1, 0.15) is 20.3 Å². The molecule has 0 heterocycles. The van der Waals surface area contributed by atoms with Gasteiger partial charge in [-0.2, -0.15) is 0 Å². The monoisotopic (exact) mass is 175 g/mol. The van der Waals surface area contributed by atoms with E-state index >= 15 is 0 Å². The molecule has 0 N–H and O–H groups in total. The van der Waals surface area contributed by atoms with Crippen LogP contribution in [0.5, 0.6) is 0 Å². The minimum Gasteiger partial charge on any atom is -0.300 e. The predicted octanol–water partition coefficient (Wildman–Crippen LogP) is 2.51. The van der Waals surface area contributed by atoms with Crippen molar-refractivity contribution in [1.29, 1.82) is 0 Å². The van der Waals surface area contributed by atoms with Crippen LogP contribution in [-0.4, -0.2) is 30.4 Å². The highest BCUT2D eigenvalue weighted by Gasteiger charge is 2.01. The maximum absolute atomic E-state index is 5.63.